The number of hydrogen-bond donors (Lipinski definition) is 1. The first kappa shape index (κ1) is 19.4. The standard InChI is InChI=1S/C22H21N5O3/c1-15-24-25-26-27(15)19-14-17(8-11-21(19)29-2)23-22(28)13-10-18-9-12-20(30-18)16-6-4-3-5-7-16/h3-9,11-12,14H,10,13H2,1-2H3,(H,23,28). The van der Waals surface area contributed by atoms with Crippen LogP contribution in [0.15, 0.2) is 65.1 Å². The number of carbonyl (C=O) groups is 1. The molecule has 0 aliphatic rings. The smallest absolute Gasteiger partial charge is 0.224 e. The highest BCUT2D eigenvalue weighted by Gasteiger charge is 2.13. The Labute approximate surface area is 173 Å². The van der Waals surface area contributed by atoms with Gasteiger partial charge in [-0.25, -0.2) is 0 Å². The lowest BCUT2D eigenvalue weighted by Crippen LogP contribution is -2.13. The molecule has 152 valence electrons. The summed E-state index contributed by atoms with van der Waals surface area (Å²) in [6.07, 6.45) is 0.806. The topological polar surface area (TPSA) is 95.1 Å². The van der Waals surface area contributed by atoms with Crippen molar-refractivity contribution in [1.82, 2.24) is 20.2 Å². The highest BCUT2D eigenvalue weighted by Crippen LogP contribution is 2.27. The summed E-state index contributed by atoms with van der Waals surface area (Å²) in [6.45, 7) is 1.79. The van der Waals surface area contributed by atoms with Gasteiger partial charge in [0.2, 0.25) is 5.91 Å². The molecule has 30 heavy (non-hydrogen) atoms. The Morgan fingerprint density at radius 1 is 1.13 bits per heavy atom. The van der Waals surface area contributed by atoms with E-state index in [1.54, 1.807) is 36.9 Å². The molecule has 0 fully saturated rings. The maximum atomic E-state index is 12.5. The van der Waals surface area contributed by atoms with Gasteiger partial charge in [-0.1, -0.05) is 30.3 Å². The molecule has 2 aromatic carbocycles. The molecule has 0 radical (unpaired) electrons. The van der Waals surface area contributed by atoms with Crippen LogP contribution < -0.4 is 10.1 Å². The third kappa shape index (κ3) is 4.22. The van der Waals surface area contributed by atoms with Crippen LogP contribution in [0.1, 0.15) is 18.0 Å². The van der Waals surface area contributed by atoms with Crippen LogP contribution in [0.4, 0.5) is 5.69 Å². The first-order valence-electron chi connectivity index (χ1n) is 9.51. The molecule has 0 saturated carbocycles. The Balaban J connectivity index is 1.41. The van der Waals surface area contributed by atoms with Gasteiger partial charge in [0.25, 0.3) is 0 Å². The number of methoxy groups -OCH3 is 1. The van der Waals surface area contributed by atoms with Crippen LogP contribution in [-0.2, 0) is 11.2 Å². The van der Waals surface area contributed by atoms with Crippen molar-refractivity contribution in [3.63, 3.8) is 0 Å². The van der Waals surface area contributed by atoms with Gasteiger partial charge in [-0.3, -0.25) is 4.79 Å². The van der Waals surface area contributed by atoms with Crippen molar-refractivity contribution in [3.05, 3.63) is 72.2 Å². The van der Waals surface area contributed by atoms with E-state index in [0.29, 0.717) is 35.8 Å². The molecule has 0 bridgehead atoms. The van der Waals surface area contributed by atoms with Crippen molar-refractivity contribution in [1.29, 1.82) is 0 Å². The van der Waals surface area contributed by atoms with Crippen molar-refractivity contribution in [2.45, 2.75) is 19.8 Å². The van der Waals surface area contributed by atoms with Crippen LogP contribution in [0.5, 0.6) is 5.75 Å². The second kappa shape index (κ2) is 8.60. The SMILES string of the molecule is COc1ccc(NC(=O)CCc2ccc(-c3ccccc3)o2)cc1-n1nnnc1C. The van der Waals surface area contributed by atoms with E-state index in [9.17, 15) is 4.79 Å². The number of aromatic nitrogens is 4. The number of nitrogens with one attached hydrogen (secondary N) is 1. The van der Waals surface area contributed by atoms with E-state index in [2.05, 4.69) is 20.8 Å². The second-order valence-corrected chi connectivity index (χ2v) is 6.70. The predicted octanol–water partition coefficient (Wildman–Crippen LogP) is 3.81. The first-order chi connectivity index (χ1) is 14.6. The summed E-state index contributed by atoms with van der Waals surface area (Å²) >= 11 is 0. The number of anilines is 1. The molecular formula is C22H21N5O3. The minimum Gasteiger partial charge on any atom is -0.494 e. The van der Waals surface area contributed by atoms with Crippen molar-refractivity contribution in [2.24, 2.45) is 0 Å². The van der Waals surface area contributed by atoms with Gasteiger partial charge in [-0.05, 0) is 47.7 Å². The maximum Gasteiger partial charge on any atom is 0.224 e. The average Bonchev–Trinajstić information content (AvgIpc) is 3.42. The highest BCUT2D eigenvalue weighted by atomic mass is 16.5. The Morgan fingerprint density at radius 2 is 1.97 bits per heavy atom. The number of tetrazole rings is 1. The number of aryl methyl sites for hydroxylation is 2. The van der Waals surface area contributed by atoms with Gasteiger partial charge in [-0.15, -0.1) is 5.10 Å². The molecule has 2 heterocycles. The third-order valence-electron chi connectivity index (χ3n) is 4.63. The van der Waals surface area contributed by atoms with Crippen molar-refractivity contribution in [2.75, 3.05) is 12.4 Å². The van der Waals surface area contributed by atoms with Gasteiger partial charge < -0.3 is 14.5 Å². The molecular weight excluding hydrogens is 382 g/mol. The number of carbonyl (C=O) groups excluding carboxylic acids is 1. The molecule has 2 aromatic heterocycles. The minimum atomic E-state index is -0.114. The molecule has 4 aromatic rings. The summed E-state index contributed by atoms with van der Waals surface area (Å²) in [5.74, 6) is 2.67. The van der Waals surface area contributed by atoms with E-state index in [1.807, 2.05) is 42.5 Å². The highest BCUT2D eigenvalue weighted by molar-refractivity contribution is 5.91. The molecule has 8 nitrogen and oxygen atoms in total. The second-order valence-electron chi connectivity index (χ2n) is 6.70. The number of hydrogen-bond acceptors (Lipinski definition) is 6. The number of nitrogens with zero attached hydrogens (tertiary/aromatic N) is 4. The molecule has 0 saturated heterocycles. The van der Waals surface area contributed by atoms with Crippen LogP contribution in [-0.4, -0.2) is 33.2 Å². The maximum absolute atomic E-state index is 12.5. The Kier molecular flexibility index (Phi) is 5.56. The number of ether oxygens (including phenoxy) is 1. The Hall–Kier alpha value is -3.94. The molecule has 0 aliphatic heterocycles. The quantitative estimate of drug-likeness (QED) is 0.504. The minimum absolute atomic E-state index is 0.114. The van der Waals surface area contributed by atoms with Crippen LogP contribution in [0.3, 0.4) is 0 Å². The fourth-order valence-electron chi connectivity index (χ4n) is 3.12. The molecule has 1 amide bonds. The summed E-state index contributed by atoms with van der Waals surface area (Å²) in [5, 5.41) is 14.4. The number of rotatable bonds is 7. The Bertz CT molecular complexity index is 1150. The molecule has 0 unspecified atom stereocenters. The van der Waals surface area contributed by atoms with E-state index in [1.165, 1.54) is 0 Å². The van der Waals surface area contributed by atoms with Crippen LogP contribution in [0.2, 0.25) is 0 Å². The fraction of sp³-hybridized carbons (Fsp3) is 0.182. The zero-order chi connectivity index (χ0) is 20.9. The van der Waals surface area contributed by atoms with Crippen molar-refractivity contribution in [3.8, 4) is 22.8 Å². The van der Waals surface area contributed by atoms with Gasteiger partial charge in [-0.2, -0.15) is 4.68 Å². The monoisotopic (exact) mass is 403 g/mol. The molecule has 4 rings (SSSR count). The van der Waals surface area contributed by atoms with E-state index >= 15 is 0 Å². The van der Waals surface area contributed by atoms with Crippen molar-refractivity contribution >= 4 is 11.6 Å². The summed E-state index contributed by atoms with van der Waals surface area (Å²) in [5.41, 5.74) is 2.29. The third-order valence-corrected chi connectivity index (χ3v) is 4.63. The number of furan rings is 1. The van der Waals surface area contributed by atoms with E-state index in [-0.39, 0.29) is 5.91 Å². The molecule has 0 spiro atoms. The number of benzene rings is 2. The molecule has 0 aliphatic carbocycles. The van der Waals surface area contributed by atoms with Gasteiger partial charge >= 0.3 is 0 Å². The van der Waals surface area contributed by atoms with Gasteiger partial charge in [0.15, 0.2) is 5.82 Å². The largest absolute Gasteiger partial charge is 0.494 e. The lowest BCUT2D eigenvalue weighted by Gasteiger charge is -2.11. The van der Waals surface area contributed by atoms with Gasteiger partial charge in [0.05, 0.1) is 7.11 Å². The summed E-state index contributed by atoms with van der Waals surface area (Å²) in [6, 6.07) is 19.0. The summed E-state index contributed by atoms with van der Waals surface area (Å²) in [7, 11) is 1.57. The lowest BCUT2D eigenvalue weighted by atomic mass is 10.2. The van der Waals surface area contributed by atoms with Crippen LogP contribution >= 0.6 is 0 Å². The summed E-state index contributed by atoms with van der Waals surface area (Å²) < 4.78 is 12.8. The normalized spacial score (nSPS) is 10.7. The fourth-order valence-corrected chi connectivity index (χ4v) is 3.12. The zero-order valence-electron chi connectivity index (χ0n) is 16.7. The predicted molar refractivity (Wildman–Crippen MR) is 112 cm³/mol. The van der Waals surface area contributed by atoms with Gasteiger partial charge in [0, 0.05) is 24.1 Å². The van der Waals surface area contributed by atoms with E-state index < -0.39 is 0 Å². The Morgan fingerprint density at radius 3 is 2.70 bits per heavy atom. The van der Waals surface area contributed by atoms with Crippen LogP contribution in [0.25, 0.3) is 17.0 Å². The zero-order valence-corrected chi connectivity index (χ0v) is 16.7. The van der Waals surface area contributed by atoms with Gasteiger partial charge in [0.1, 0.15) is 23.0 Å². The molecule has 1 N–H and O–H groups in total. The van der Waals surface area contributed by atoms with Crippen LogP contribution in [0, 0.1) is 6.92 Å². The first-order valence-corrected chi connectivity index (χ1v) is 9.51. The number of amides is 1. The molecule has 8 heteroatoms. The van der Waals surface area contributed by atoms with E-state index in [0.717, 1.165) is 17.1 Å². The molecule has 0 atom stereocenters. The lowest BCUT2D eigenvalue weighted by molar-refractivity contribution is -0.116. The average molecular weight is 403 g/mol. The summed E-state index contributed by atoms with van der Waals surface area (Å²) in [4.78, 5) is 12.5. The van der Waals surface area contributed by atoms with Crippen molar-refractivity contribution < 1.29 is 13.9 Å². The van der Waals surface area contributed by atoms with E-state index in [4.69, 9.17) is 9.15 Å².